The van der Waals surface area contributed by atoms with Crippen LogP contribution in [0.3, 0.4) is 0 Å². The first-order valence-electron chi connectivity index (χ1n) is 11.3. The minimum absolute atomic E-state index is 0.306. The van der Waals surface area contributed by atoms with Crippen LogP contribution in [0.5, 0.6) is 5.75 Å². The van der Waals surface area contributed by atoms with E-state index >= 15 is 0 Å². The summed E-state index contributed by atoms with van der Waals surface area (Å²) in [5, 5.41) is 23.5. The number of aromatic nitrogens is 2. The molecule has 1 amide bonds. The molecule has 2 aromatic heterocycles. The van der Waals surface area contributed by atoms with Gasteiger partial charge in [-0.15, -0.1) is 0 Å². The van der Waals surface area contributed by atoms with Gasteiger partial charge in [-0.1, -0.05) is 13.0 Å². The first-order chi connectivity index (χ1) is 17.5. The van der Waals surface area contributed by atoms with Gasteiger partial charge < -0.3 is 25.0 Å². The summed E-state index contributed by atoms with van der Waals surface area (Å²) in [5.74, 6) is -1.57. The van der Waals surface area contributed by atoms with Gasteiger partial charge in [0.1, 0.15) is 11.3 Å². The summed E-state index contributed by atoms with van der Waals surface area (Å²) in [6.07, 6.45) is -0.279. The largest absolute Gasteiger partial charge is 0.494 e. The van der Waals surface area contributed by atoms with Crippen LogP contribution in [-0.2, 0) is 11.8 Å². The van der Waals surface area contributed by atoms with Crippen molar-refractivity contribution in [2.45, 2.75) is 25.4 Å². The van der Waals surface area contributed by atoms with E-state index in [-0.39, 0.29) is 5.91 Å². The number of rotatable bonds is 4. The first kappa shape index (κ1) is 27.5. The predicted molar refractivity (Wildman–Crippen MR) is 129 cm³/mol. The van der Waals surface area contributed by atoms with Crippen LogP contribution in [0.1, 0.15) is 40.7 Å². The Morgan fingerprint density at radius 3 is 2.65 bits per heavy atom. The van der Waals surface area contributed by atoms with Gasteiger partial charge in [0.15, 0.2) is 5.75 Å². The average molecular weight is 518 g/mol. The van der Waals surface area contributed by atoms with Gasteiger partial charge in [0.2, 0.25) is 0 Å². The molecule has 0 bridgehead atoms. The molecule has 4 rings (SSSR count). The van der Waals surface area contributed by atoms with Gasteiger partial charge in [0, 0.05) is 18.8 Å². The van der Waals surface area contributed by atoms with Crippen molar-refractivity contribution in [3.63, 3.8) is 0 Å². The van der Waals surface area contributed by atoms with Crippen molar-refractivity contribution in [1.29, 1.82) is 5.26 Å². The maximum absolute atomic E-state index is 12.8. The third-order valence-corrected chi connectivity index (χ3v) is 6.10. The lowest BCUT2D eigenvalue weighted by molar-refractivity contribution is -0.192. The second kappa shape index (κ2) is 11.3. The summed E-state index contributed by atoms with van der Waals surface area (Å²) >= 11 is 0. The van der Waals surface area contributed by atoms with Gasteiger partial charge >= 0.3 is 12.1 Å². The highest BCUT2D eigenvalue weighted by Crippen LogP contribution is 2.42. The molecule has 3 N–H and O–H groups in total. The minimum atomic E-state index is -5.08. The Bertz CT molecular complexity index is 1350. The minimum Gasteiger partial charge on any atom is -0.494 e. The van der Waals surface area contributed by atoms with Crippen molar-refractivity contribution in [3.8, 4) is 11.8 Å². The fraction of sp³-hybridized carbons (Fsp3) is 0.360. The molecule has 0 radical (unpaired) electrons. The van der Waals surface area contributed by atoms with Crippen molar-refractivity contribution in [2.24, 2.45) is 13.0 Å². The second-order valence-electron chi connectivity index (χ2n) is 8.63. The lowest BCUT2D eigenvalue weighted by Crippen LogP contribution is -2.33. The van der Waals surface area contributed by atoms with Crippen LogP contribution in [0.4, 0.5) is 18.9 Å². The number of hydrogen-bond donors (Lipinski definition) is 3. The summed E-state index contributed by atoms with van der Waals surface area (Å²) in [7, 11) is 3.60. The molecule has 12 heteroatoms. The van der Waals surface area contributed by atoms with Gasteiger partial charge in [-0.25, -0.2) is 9.78 Å². The highest BCUT2D eigenvalue weighted by molar-refractivity contribution is 6.07. The number of alkyl halides is 3. The van der Waals surface area contributed by atoms with Crippen LogP contribution >= 0.6 is 0 Å². The van der Waals surface area contributed by atoms with E-state index in [1.165, 1.54) is 5.56 Å². The Hall–Kier alpha value is -4.11. The Labute approximate surface area is 210 Å². The summed E-state index contributed by atoms with van der Waals surface area (Å²) < 4.78 is 39.5. The van der Waals surface area contributed by atoms with E-state index in [4.69, 9.17) is 19.9 Å². The van der Waals surface area contributed by atoms with E-state index in [2.05, 4.69) is 34.8 Å². The summed E-state index contributed by atoms with van der Waals surface area (Å²) in [5.41, 5.74) is 3.40. The average Bonchev–Trinajstić information content (AvgIpc) is 3.20. The number of carboxylic acids is 1. The number of amides is 1. The molecule has 3 heterocycles. The lowest BCUT2D eigenvalue weighted by atomic mass is 9.82. The van der Waals surface area contributed by atoms with E-state index in [0.29, 0.717) is 34.4 Å². The number of nitrogens with one attached hydrogen (secondary N) is 2. The number of carbonyl (C=O) groups is 2. The number of piperidine rings is 1. The van der Waals surface area contributed by atoms with Crippen molar-refractivity contribution in [3.05, 3.63) is 53.3 Å². The van der Waals surface area contributed by atoms with Crippen LogP contribution in [0.25, 0.3) is 11.0 Å². The molecule has 1 aliphatic rings. The molecule has 37 heavy (non-hydrogen) atoms. The molecule has 0 aliphatic carbocycles. The number of hydrogen-bond acceptors (Lipinski definition) is 6. The summed E-state index contributed by atoms with van der Waals surface area (Å²) in [6.45, 7) is 4.21. The van der Waals surface area contributed by atoms with Gasteiger partial charge in [0.25, 0.3) is 5.91 Å². The third kappa shape index (κ3) is 6.18. The van der Waals surface area contributed by atoms with Crippen LogP contribution < -0.4 is 15.4 Å². The fourth-order valence-electron chi connectivity index (χ4n) is 4.33. The van der Waals surface area contributed by atoms with Crippen LogP contribution in [0.15, 0.2) is 36.7 Å². The monoisotopic (exact) mass is 517 g/mol. The maximum Gasteiger partial charge on any atom is 0.490 e. The molecule has 0 spiro atoms. The molecule has 0 saturated carbocycles. The van der Waals surface area contributed by atoms with Gasteiger partial charge in [-0.05, 0) is 55.1 Å². The third-order valence-electron chi connectivity index (χ3n) is 6.10. The zero-order valence-corrected chi connectivity index (χ0v) is 20.4. The number of fused-ring (bicyclic) bond motifs is 1. The van der Waals surface area contributed by atoms with Crippen molar-refractivity contribution in [2.75, 3.05) is 25.5 Å². The predicted octanol–water partition coefficient (Wildman–Crippen LogP) is 4.05. The number of pyridine rings is 1. The van der Waals surface area contributed by atoms with Crippen molar-refractivity contribution >= 4 is 28.6 Å². The van der Waals surface area contributed by atoms with Crippen LogP contribution in [0.2, 0.25) is 0 Å². The zero-order chi connectivity index (χ0) is 27.3. The molecule has 1 aliphatic heterocycles. The number of methoxy groups -OCH3 is 1. The van der Waals surface area contributed by atoms with Crippen LogP contribution in [-0.4, -0.2) is 52.9 Å². The molecule has 196 valence electrons. The highest BCUT2D eigenvalue weighted by atomic mass is 19.4. The maximum atomic E-state index is 12.8. The number of aryl methyl sites for hydroxylation is 1. The van der Waals surface area contributed by atoms with Crippen molar-refractivity contribution in [1.82, 2.24) is 14.9 Å². The quantitative estimate of drug-likeness (QED) is 0.476. The molecular formula is C25H26F3N5O4. The SMILES string of the molecule is COc1c(NC(=O)c2cccc(C#N)c2)cnc2c1c(C1CCNCC1C)cn2C.O=C(O)C(F)(F)F. The van der Waals surface area contributed by atoms with Crippen molar-refractivity contribution < 1.29 is 32.6 Å². The van der Waals surface area contributed by atoms with E-state index in [9.17, 15) is 18.0 Å². The number of benzene rings is 1. The Kier molecular flexibility index (Phi) is 8.39. The van der Waals surface area contributed by atoms with Gasteiger partial charge in [0.05, 0.1) is 30.3 Å². The zero-order valence-electron chi connectivity index (χ0n) is 20.4. The van der Waals surface area contributed by atoms with E-state index < -0.39 is 12.1 Å². The topological polar surface area (TPSA) is 129 Å². The van der Waals surface area contributed by atoms with E-state index in [1.54, 1.807) is 37.6 Å². The number of anilines is 1. The normalized spacial score (nSPS) is 17.3. The smallest absolute Gasteiger partial charge is 0.490 e. The molecular weight excluding hydrogens is 491 g/mol. The molecule has 9 nitrogen and oxygen atoms in total. The van der Waals surface area contributed by atoms with E-state index in [0.717, 1.165) is 30.5 Å². The number of carboxylic acid groups (broad SMARTS) is 1. The number of aliphatic carboxylic acids is 1. The Morgan fingerprint density at radius 1 is 1.35 bits per heavy atom. The molecule has 2 atom stereocenters. The molecule has 1 saturated heterocycles. The number of carbonyl (C=O) groups excluding carboxylic acids is 1. The Balaban J connectivity index is 0.000000479. The fourth-order valence-corrected chi connectivity index (χ4v) is 4.33. The molecule has 2 unspecified atom stereocenters. The lowest BCUT2D eigenvalue weighted by Gasteiger charge is -2.29. The molecule has 1 fully saturated rings. The van der Waals surface area contributed by atoms with Crippen LogP contribution in [0, 0.1) is 17.2 Å². The molecule has 3 aromatic rings. The van der Waals surface area contributed by atoms with Gasteiger partial charge in [-0.3, -0.25) is 4.79 Å². The summed E-state index contributed by atoms with van der Waals surface area (Å²) in [6, 6.07) is 8.67. The number of ether oxygens (including phenoxy) is 1. The van der Waals surface area contributed by atoms with E-state index in [1.807, 2.05) is 11.6 Å². The second-order valence-corrected chi connectivity index (χ2v) is 8.63. The first-order valence-corrected chi connectivity index (χ1v) is 11.3. The standard InChI is InChI=1S/C23H25N5O2.C2HF3O2/c1-14-11-25-8-7-17(14)18-13-28(2)22-20(18)21(30-3)19(12-26-22)27-23(29)16-6-4-5-15(9-16)10-24;3-2(4,5)1(6)7/h4-6,9,12-14,17,25H,7-8,11H2,1-3H3,(H,27,29);(H,6,7). The Morgan fingerprint density at radius 2 is 2.05 bits per heavy atom. The highest BCUT2D eigenvalue weighted by Gasteiger charge is 2.38. The number of nitrogens with zero attached hydrogens (tertiary/aromatic N) is 3. The van der Waals surface area contributed by atoms with Gasteiger partial charge in [-0.2, -0.15) is 18.4 Å². The summed E-state index contributed by atoms with van der Waals surface area (Å²) in [4.78, 5) is 26.3. The molecule has 1 aromatic carbocycles. The number of nitriles is 1. The number of halogens is 3.